The van der Waals surface area contributed by atoms with Crippen LogP contribution in [0.1, 0.15) is 44.3 Å². The molecule has 0 fully saturated rings. The van der Waals surface area contributed by atoms with Crippen molar-refractivity contribution in [3.05, 3.63) is 64.2 Å². The quantitative estimate of drug-likeness (QED) is 0.604. The molecule has 2 rings (SSSR count). The number of carbonyl (C=O) groups is 2. The third-order valence-corrected chi connectivity index (χ3v) is 4.79. The minimum atomic E-state index is -3.56. The second-order valence-corrected chi connectivity index (χ2v) is 8.33. The van der Waals surface area contributed by atoms with Gasteiger partial charge in [-0.05, 0) is 62.6 Å². The lowest BCUT2D eigenvalue weighted by molar-refractivity contribution is 0.0319. The summed E-state index contributed by atoms with van der Waals surface area (Å²) in [6.07, 6.45) is -0.0198. The normalized spacial score (nSPS) is 12.3. The Morgan fingerprint density at radius 3 is 2.19 bits per heavy atom. The zero-order valence-electron chi connectivity index (χ0n) is 16.0. The largest absolute Gasteiger partial charge is 0.451 e. The molecule has 0 aliphatic carbocycles. The van der Waals surface area contributed by atoms with Crippen LogP contribution in [0.3, 0.4) is 0 Å². The summed E-state index contributed by atoms with van der Waals surface area (Å²) >= 11 is 0. The Morgan fingerprint density at radius 2 is 1.56 bits per heavy atom. The van der Waals surface area contributed by atoms with Crippen LogP contribution in [0.4, 0.5) is 5.69 Å². The number of carbonyl (C=O) groups excluding carboxylic acids is 2. The zero-order chi connectivity index (χ0) is 20.4. The Bertz CT molecular complexity index is 995. The Kier molecular flexibility index (Phi) is 6.05. The number of anilines is 1. The van der Waals surface area contributed by atoms with E-state index in [2.05, 4.69) is 4.72 Å². The zero-order valence-corrected chi connectivity index (χ0v) is 16.8. The Morgan fingerprint density at radius 1 is 0.963 bits per heavy atom. The number of Topliss-reactive ketones (excluding diaryl/α,β-unsaturated/α-hetero) is 1. The van der Waals surface area contributed by atoms with Crippen LogP contribution >= 0.6 is 0 Å². The molecule has 0 amide bonds. The van der Waals surface area contributed by atoms with Crippen molar-refractivity contribution in [2.75, 3.05) is 11.0 Å². The van der Waals surface area contributed by atoms with Crippen molar-refractivity contribution >= 4 is 27.5 Å². The minimum Gasteiger partial charge on any atom is -0.451 e. The number of nitrogens with one attached hydrogen (secondary N) is 1. The highest BCUT2D eigenvalue weighted by Crippen LogP contribution is 2.21. The fraction of sp³-hybridized carbons (Fsp3) is 0.300. The van der Waals surface area contributed by atoms with Crippen LogP contribution in [0.2, 0.25) is 0 Å². The number of ether oxygens (including phenoxy) is 1. The third-order valence-electron chi connectivity index (χ3n) is 4.20. The van der Waals surface area contributed by atoms with Gasteiger partial charge in [-0.2, -0.15) is 0 Å². The Balaban J connectivity index is 2.24. The van der Waals surface area contributed by atoms with Gasteiger partial charge in [-0.25, -0.2) is 13.2 Å². The van der Waals surface area contributed by atoms with E-state index >= 15 is 0 Å². The van der Waals surface area contributed by atoms with Gasteiger partial charge >= 0.3 is 5.97 Å². The van der Waals surface area contributed by atoms with Crippen molar-refractivity contribution in [3.8, 4) is 0 Å². The van der Waals surface area contributed by atoms with Crippen LogP contribution in [0.15, 0.2) is 36.4 Å². The SMILES string of the molecule is Cc1cc(C)c(C(=O)[C@H](C)OC(=O)c2ccccc2NS(C)(=O)=O)cc1C. The lowest BCUT2D eigenvalue weighted by Gasteiger charge is -2.16. The molecule has 7 heteroatoms. The van der Waals surface area contributed by atoms with Gasteiger partial charge in [-0.15, -0.1) is 0 Å². The van der Waals surface area contributed by atoms with Gasteiger partial charge in [0.05, 0.1) is 17.5 Å². The van der Waals surface area contributed by atoms with Crippen molar-refractivity contribution in [2.24, 2.45) is 0 Å². The summed E-state index contributed by atoms with van der Waals surface area (Å²) < 4.78 is 30.5. The number of aryl methyl sites for hydroxylation is 3. The molecule has 0 aliphatic rings. The van der Waals surface area contributed by atoms with Crippen LogP contribution in [0, 0.1) is 20.8 Å². The van der Waals surface area contributed by atoms with E-state index in [1.165, 1.54) is 19.1 Å². The lowest BCUT2D eigenvalue weighted by Crippen LogP contribution is -2.26. The topological polar surface area (TPSA) is 89.5 Å². The summed E-state index contributed by atoms with van der Waals surface area (Å²) in [4.78, 5) is 25.2. The molecule has 6 nitrogen and oxygen atoms in total. The number of rotatable bonds is 6. The van der Waals surface area contributed by atoms with Gasteiger partial charge in [-0.3, -0.25) is 9.52 Å². The summed E-state index contributed by atoms with van der Waals surface area (Å²) in [5.74, 6) is -1.08. The summed E-state index contributed by atoms with van der Waals surface area (Å²) in [5, 5.41) is 0. The van der Waals surface area contributed by atoms with Gasteiger partial charge in [-0.1, -0.05) is 18.2 Å². The summed E-state index contributed by atoms with van der Waals surface area (Å²) in [5.41, 5.74) is 3.51. The number of ketones is 1. The van der Waals surface area contributed by atoms with E-state index in [0.717, 1.165) is 22.9 Å². The fourth-order valence-electron chi connectivity index (χ4n) is 2.67. The number of hydrogen-bond donors (Lipinski definition) is 1. The first-order chi connectivity index (χ1) is 12.5. The average Bonchev–Trinajstić information content (AvgIpc) is 2.56. The number of hydrogen-bond acceptors (Lipinski definition) is 5. The monoisotopic (exact) mass is 389 g/mol. The van der Waals surface area contributed by atoms with Crippen LogP contribution in [-0.2, 0) is 14.8 Å². The summed E-state index contributed by atoms with van der Waals surface area (Å²) in [6.45, 7) is 7.21. The molecule has 0 heterocycles. The van der Waals surface area contributed by atoms with Gasteiger partial charge in [0.25, 0.3) is 0 Å². The van der Waals surface area contributed by atoms with Gasteiger partial charge < -0.3 is 4.74 Å². The van der Waals surface area contributed by atoms with Crippen molar-refractivity contribution < 1.29 is 22.7 Å². The van der Waals surface area contributed by atoms with E-state index in [-0.39, 0.29) is 17.0 Å². The minimum absolute atomic E-state index is 0.0411. The highest BCUT2D eigenvalue weighted by atomic mass is 32.2. The number of esters is 1. The van der Waals surface area contributed by atoms with E-state index in [1.807, 2.05) is 26.8 Å². The molecule has 0 saturated heterocycles. The molecule has 0 bridgehead atoms. The van der Waals surface area contributed by atoms with E-state index in [9.17, 15) is 18.0 Å². The van der Waals surface area contributed by atoms with Crippen LogP contribution < -0.4 is 4.72 Å². The second-order valence-electron chi connectivity index (χ2n) is 6.58. The molecular formula is C20H23NO5S. The molecule has 144 valence electrons. The highest BCUT2D eigenvalue weighted by molar-refractivity contribution is 7.92. The predicted molar refractivity (Wildman–Crippen MR) is 105 cm³/mol. The van der Waals surface area contributed by atoms with Crippen LogP contribution in [0.5, 0.6) is 0 Å². The molecule has 27 heavy (non-hydrogen) atoms. The van der Waals surface area contributed by atoms with Gasteiger partial charge in [0.2, 0.25) is 15.8 Å². The predicted octanol–water partition coefficient (Wildman–Crippen LogP) is 3.41. The molecule has 1 atom stereocenters. The first-order valence-corrected chi connectivity index (χ1v) is 10.3. The Hall–Kier alpha value is -2.67. The first-order valence-electron chi connectivity index (χ1n) is 8.39. The van der Waals surface area contributed by atoms with E-state index in [1.54, 1.807) is 18.2 Å². The number of para-hydroxylation sites is 1. The van der Waals surface area contributed by atoms with E-state index < -0.39 is 22.1 Å². The summed E-state index contributed by atoms with van der Waals surface area (Å²) in [6, 6.07) is 9.78. The highest BCUT2D eigenvalue weighted by Gasteiger charge is 2.24. The molecule has 2 aromatic carbocycles. The van der Waals surface area contributed by atoms with E-state index in [0.29, 0.717) is 5.56 Å². The Labute approximate surface area is 159 Å². The molecule has 0 aromatic heterocycles. The maximum absolute atomic E-state index is 12.7. The number of benzene rings is 2. The molecule has 0 spiro atoms. The van der Waals surface area contributed by atoms with Gasteiger partial charge in [0.1, 0.15) is 0 Å². The molecule has 0 unspecified atom stereocenters. The third kappa shape index (κ3) is 5.17. The molecule has 0 saturated carbocycles. The first kappa shape index (κ1) is 20.6. The fourth-order valence-corrected chi connectivity index (χ4v) is 3.25. The van der Waals surface area contributed by atoms with Gasteiger partial charge in [0, 0.05) is 5.56 Å². The molecule has 0 aliphatic heterocycles. The van der Waals surface area contributed by atoms with Crippen molar-refractivity contribution in [2.45, 2.75) is 33.8 Å². The van der Waals surface area contributed by atoms with E-state index in [4.69, 9.17) is 4.74 Å². The summed E-state index contributed by atoms with van der Waals surface area (Å²) in [7, 11) is -3.56. The number of sulfonamides is 1. The maximum atomic E-state index is 12.7. The van der Waals surface area contributed by atoms with Crippen molar-refractivity contribution in [1.82, 2.24) is 0 Å². The maximum Gasteiger partial charge on any atom is 0.340 e. The van der Waals surface area contributed by atoms with Gasteiger partial charge in [0.15, 0.2) is 6.10 Å². The molecule has 0 radical (unpaired) electrons. The smallest absolute Gasteiger partial charge is 0.340 e. The van der Waals surface area contributed by atoms with Crippen LogP contribution in [-0.4, -0.2) is 32.5 Å². The van der Waals surface area contributed by atoms with Crippen molar-refractivity contribution in [1.29, 1.82) is 0 Å². The molecule has 1 N–H and O–H groups in total. The molecule has 2 aromatic rings. The second kappa shape index (κ2) is 7.92. The standard InChI is InChI=1S/C20H23NO5S/c1-12-10-14(3)17(11-13(12)2)19(22)15(4)26-20(23)16-8-6-7-9-18(16)21-27(5,24)25/h6-11,15,21H,1-5H3/t15-/m0/s1. The van der Waals surface area contributed by atoms with Crippen LogP contribution in [0.25, 0.3) is 0 Å². The molecular weight excluding hydrogens is 366 g/mol. The lowest BCUT2D eigenvalue weighted by atomic mass is 9.96. The average molecular weight is 389 g/mol. The van der Waals surface area contributed by atoms with Crippen molar-refractivity contribution in [3.63, 3.8) is 0 Å².